The lowest BCUT2D eigenvalue weighted by Gasteiger charge is -2.26. The minimum absolute atomic E-state index is 0.0532. The van der Waals surface area contributed by atoms with Crippen molar-refractivity contribution in [2.24, 2.45) is 5.73 Å². The van der Waals surface area contributed by atoms with Crippen LogP contribution in [0.15, 0.2) is 52.3 Å². The SMILES string of the molecule is COc1ccc(C(N)=O)c(OS(=O)(=O)c2ccc(S(=O)(=O)N3CCOCC3)cc2)c1. The molecule has 2 aromatic carbocycles. The number of carbonyl (C=O) groups excluding carboxylic acids is 1. The number of nitrogens with two attached hydrogens (primary N) is 1. The van der Waals surface area contributed by atoms with E-state index in [9.17, 15) is 21.6 Å². The average Bonchev–Trinajstić information content (AvgIpc) is 2.74. The quantitative estimate of drug-likeness (QED) is 0.596. The van der Waals surface area contributed by atoms with Crippen LogP contribution in [0.4, 0.5) is 0 Å². The summed E-state index contributed by atoms with van der Waals surface area (Å²) in [6, 6.07) is 8.53. The molecule has 0 aromatic heterocycles. The van der Waals surface area contributed by atoms with Crippen LogP contribution in [0.3, 0.4) is 0 Å². The minimum Gasteiger partial charge on any atom is -0.497 e. The number of amides is 1. The maximum atomic E-state index is 12.7. The van der Waals surface area contributed by atoms with Gasteiger partial charge in [0, 0.05) is 19.2 Å². The zero-order valence-electron chi connectivity index (χ0n) is 16.0. The molecule has 12 heteroatoms. The standard InChI is InChI=1S/C18H20N2O8S2/c1-26-13-2-7-16(18(19)21)17(12-13)28-30(24,25)15-5-3-14(4-6-15)29(22,23)20-8-10-27-11-9-20/h2-7,12H,8-11H2,1H3,(H2,19,21). The number of benzene rings is 2. The second-order valence-corrected chi connectivity index (χ2v) is 9.74. The predicted octanol–water partition coefficient (Wildman–Crippen LogP) is 0.583. The summed E-state index contributed by atoms with van der Waals surface area (Å²) in [6.45, 7) is 1.03. The van der Waals surface area contributed by atoms with Gasteiger partial charge in [0.1, 0.15) is 10.6 Å². The molecule has 2 N–H and O–H groups in total. The van der Waals surface area contributed by atoms with Crippen LogP contribution in [-0.2, 0) is 24.9 Å². The number of ether oxygens (including phenoxy) is 2. The number of morpholine rings is 1. The van der Waals surface area contributed by atoms with Crippen molar-refractivity contribution in [2.75, 3.05) is 33.4 Å². The van der Waals surface area contributed by atoms with Crippen LogP contribution in [-0.4, -0.2) is 60.5 Å². The second kappa shape index (κ2) is 8.60. The predicted molar refractivity (Wildman–Crippen MR) is 105 cm³/mol. The normalized spacial score (nSPS) is 15.5. The smallest absolute Gasteiger partial charge is 0.339 e. The lowest BCUT2D eigenvalue weighted by Crippen LogP contribution is -2.40. The molecule has 0 unspecified atom stereocenters. The monoisotopic (exact) mass is 456 g/mol. The van der Waals surface area contributed by atoms with Gasteiger partial charge in [-0.05, 0) is 36.4 Å². The third-order valence-corrected chi connectivity index (χ3v) is 7.54. The Balaban J connectivity index is 1.88. The van der Waals surface area contributed by atoms with Crippen LogP contribution >= 0.6 is 0 Å². The molecule has 0 bridgehead atoms. The van der Waals surface area contributed by atoms with Crippen molar-refractivity contribution in [2.45, 2.75) is 9.79 Å². The van der Waals surface area contributed by atoms with Crippen LogP contribution in [0.1, 0.15) is 10.4 Å². The lowest BCUT2D eigenvalue weighted by atomic mass is 10.2. The Labute approximate surface area is 174 Å². The summed E-state index contributed by atoms with van der Waals surface area (Å²) in [5, 5.41) is 0. The number of carbonyl (C=O) groups is 1. The van der Waals surface area contributed by atoms with E-state index in [-0.39, 0.29) is 39.9 Å². The average molecular weight is 456 g/mol. The molecule has 1 heterocycles. The number of sulfonamides is 1. The highest BCUT2D eigenvalue weighted by atomic mass is 32.2. The number of primary amides is 1. The highest BCUT2D eigenvalue weighted by Gasteiger charge is 2.27. The van der Waals surface area contributed by atoms with Gasteiger partial charge in [-0.3, -0.25) is 4.79 Å². The Kier molecular flexibility index (Phi) is 6.31. The van der Waals surface area contributed by atoms with E-state index >= 15 is 0 Å². The molecule has 0 aliphatic carbocycles. The van der Waals surface area contributed by atoms with E-state index in [4.69, 9.17) is 19.4 Å². The first kappa shape index (κ1) is 22.0. The van der Waals surface area contributed by atoms with E-state index < -0.39 is 26.0 Å². The molecule has 3 rings (SSSR count). The first-order chi connectivity index (χ1) is 14.1. The Bertz CT molecular complexity index is 1140. The lowest BCUT2D eigenvalue weighted by molar-refractivity contribution is 0.0730. The fourth-order valence-corrected chi connectivity index (χ4v) is 5.13. The topological polar surface area (TPSA) is 142 Å². The molecule has 30 heavy (non-hydrogen) atoms. The van der Waals surface area contributed by atoms with Crippen molar-refractivity contribution in [1.29, 1.82) is 0 Å². The number of nitrogens with zero attached hydrogens (tertiary/aromatic N) is 1. The van der Waals surface area contributed by atoms with Gasteiger partial charge >= 0.3 is 10.1 Å². The maximum absolute atomic E-state index is 12.7. The Morgan fingerprint density at radius 2 is 1.60 bits per heavy atom. The third kappa shape index (κ3) is 4.56. The van der Waals surface area contributed by atoms with Gasteiger partial charge in [-0.15, -0.1) is 0 Å². The van der Waals surface area contributed by atoms with Gasteiger partial charge in [0.05, 0.1) is 30.8 Å². The summed E-state index contributed by atoms with van der Waals surface area (Å²) < 4.78 is 67.1. The zero-order chi connectivity index (χ0) is 21.9. The van der Waals surface area contributed by atoms with Crippen molar-refractivity contribution in [3.8, 4) is 11.5 Å². The van der Waals surface area contributed by atoms with Gasteiger partial charge < -0.3 is 19.4 Å². The van der Waals surface area contributed by atoms with Gasteiger partial charge in [-0.1, -0.05) is 0 Å². The van der Waals surface area contributed by atoms with Gasteiger partial charge in [0.2, 0.25) is 10.0 Å². The number of hydrogen-bond acceptors (Lipinski definition) is 8. The van der Waals surface area contributed by atoms with Crippen LogP contribution < -0.4 is 14.7 Å². The highest BCUT2D eigenvalue weighted by molar-refractivity contribution is 7.89. The molecule has 1 amide bonds. The van der Waals surface area contributed by atoms with E-state index in [0.717, 1.165) is 12.1 Å². The minimum atomic E-state index is -4.37. The molecule has 2 aromatic rings. The molecule has 0 saturated carbocycles. The fourth-order valence-electron chi connectivity index (χ4n) is 2.78. The van der Waals surface area contributed by atoms with Crippen molar-refractivity contribution in [3.05, 3.63) is 48.0 Å². The number of methoxy groups -OCH3 is 1. The molecule has 0 atom stereocenters. The Morgan fingerprint density at radius 3 is 2.17 bits per heavy atom. The molecule has 1 aliphatic rings. The van der Waals surface area contributed by atoms with Crippen LogP contribution in [0.2, 0.25) is 0 Å². The van der Waals surface area contributed by atoms with E-state index in [1.165, 1.54) is 41.7 Å². The summed E-state index contributed by atoms with van der Waals surface area (Å²) >= 11 is 0. The highest BCUT2D eigenvalue weighted by Crippen LogP contribution is 2.28. The summed E-state index contributed by atoms with van der Waals surface area (Å²) in [5.41, 5.74) is 5.12. The molecule has 162 valence electrons. The first-order valence-corrected chi connectivity index (χ1v) is 11.6. The molecule has 1 fully saturated rings. The molecule has 1 aliphatic heterocycles. The van der Waals surface area contributed by atoms with Gasteiger partial charge in [-0.25, -0.2) is 8.42 Å². The number of hydrogen-bond donors (Lipinski definition) is 1. The van der Waals surface area contributed by atoms with Gasteiger partial charge in [-0.2, -0.15) is 12.7 Å². The van der Waals surface area contributed by atoms with E-state index in [1.54, 1.807) is 0 Å². The summed E-state index contributed by atoms with van der Waals surface area (Å²) in [7, 11) is -6.78. The largest absolute Gasteiger partial charge is 0.497 e. The third-order valence-electron chi connectivity index (χ3n) is 4.37. The molecule has 1 saturated heterocycles. The zero-order valence-corrected chi connectivity index (χ0v) is 17.6. The van der Waals surface area contributed by atoms with E-state index in [2.05, 4.69) is 0 Å². The summed E-state index contributed by atoms with van der Waals surface area (Å²) in [4.78, 5) is 11.2. The van der Waals surface area contributed by atoms with Crippen LogP contribution in [0, 0.1) is 0 Å². The molecule has 0 spiro atoms. The van der Waals surface area contributed by atoms with Gasteiger partial charge in [0.25, 0.3) is 5.91 Å². The van der Waals surface area contributed by atoms with Crippen molar-refractivity contribution < 1.29 is 35.3 Å². The van der Waals surface area contributed by atoms with Crippen molar-refractivity contribution in [3.63, 3.8) is 0 Å². The van der Waals surface area contributed by atoms with Crippen LogP contribution in [0.25, 0.3) is 0 Å². The van der Waals surface area contributed by atoms with E-state index in [1.807, 2.05) is 0 Å². The van der Waals surface area contributed by atoms with Gasteiger partial charge in [0.15, 0.2) is 5.75 Å². The summed E-state index contributed by atoms with van der Waals surface area (Å²) in [5.74, 6) is -0.918. The van der Waals surface area contributed by atoms with E-state index in [0.29, 0.717) is 13.2 Å². The van der Waals surface area contributed by atoms with Crippen molar-refractivity contribution >= 4 is 26.0 Å². The second-order valence-electron chi connectivity index (χ2n) is 6.25. The molecule has 10 nitrogen and oxygen atoms in total. The van der Waals surface area contributed by atoms with Crippen LogP contribution in [0.5, 0.6) is 11.5 Å². The Hall–Kier alpha value is -2.67. The van der Waals surface area contributed by atoms with Crippen molar-refractivity contribution in [1.82, 2.24) is 4.31 Å². The summed E-state index contributed by atoms with van der Waals surface area (Å²) in [6.07, 6.45) is 0. The first-order valence-electron chi connectivity index (χ1n) is 8.75. The number of rotatable bonds is 7. The Morgan fingerprint density at radius 1 is 1.00 bits per heavy atom. The fraction of sp³-hybridized carbons (Fsp3) is 0.278. The maximum Gasteiger partial charge on any atom is 0.339 e. The molecular formula is C18H20N2O8S2. The molecular weight excluding hydrogens is 436 g/mol. The molecule has 0 radical (unpaired) electrons.